The fourth-order valence-corrected chi connectivity index (χ4v) is 3.51. The second-order valence-electron chi connectivity index (χ2n) is 7.04. The van der Waals surface area contributed by atoms with Crippen molar-refractivity contribution in [2.24, 2.45) is 11.7 Å². The SMILES string of the molecule is CSCCC(NC(=O)C(CS)NC(=O)C(CCSC)NC(=O)C(N)C(C)C)C(=O)O. The van der Waals surface area contributed by atoms with E-state index in [-0.39, 0.29) is 18.1 Å². The van der Waals surface area contributed by atoms with Crippen LogP contribution in [-0.4, -0.2) is 82.7 Å². The molecule has 0 rings (SSSR count). The van der Waals surface area contributed by atoms with Crippen molar-refractivity contribution in [1.29, 1.82) is 0 Å². The molecule has 6 N–H and O–H groups in total. The van der Waals surface area contributed by atoms with Gasteiger partial charge in [-0.05, 0) is 42.8 Å². The summed E-state index contributed by atoms with van der Waals surface area (Å²) < 4.78 is 0. The van der Waals surface area contributed by atoms with Gasteiger partial charge in [0.05, 0.1) is 6.04 Å². The molecule has 4 atom stereocenters. The number of hydrogen-bond donors (Lipinski definition) is 6. The summed E-state index contributed by atoms with van der Waals surface area (Å²) in [4.78, 5) is 48.9. The minimum absolute atomic E-state index is 0.0266. The molecule has 0 aliphatic heterocycles. The smallest absolute Gasteiger partial charge is 0.326 e. The van der Waals surface area contributed by atoms with Crippen molar-refractivity contribution < 1.29 is 24.3 Å². The van der Waals surface area contributed by atoms with Crippen molar-refractivity contribution in [2.45, 2.75) is 50.9 Å². The van der Waals surface area contributed by atoms with Gasteiger partial charge in [-0.2, -0.15) is 36.2 Å². The highest BCUT2D eigenvalue weighted by atomic mass is 32.2. The zero-order chi connectivity index (χ0) is 23.3. The molecule has 0 heterocycles. The van der Waals surface area contributed by atoms with Crippen LogP contribution in [0.25, 0.3) is 0 Å². The van der Waals surface area contributed by atoms with E-state index in [1.54, 1.807) is 13.8 Å². The molecule has 0 radical (unpaired) electrons. The predicted octanol–water partition coefficient (Wildman–Crippen LogP) is -0.0553. The van der Waals surface area contributed by atoms with Crippen molar-refractivity contribution >= 4 is 59.8 Å². The molecule has 0 saturated carbocycles. The van der Waals surface area contributed by atoms with Crippen molar-refractivity contribution in [3.8, 4) is 0 Å². The largest absolute Gasteiger partial charge is 0.480 e. The molecule has 0 aliphatic carbocycles. The fraction of sp³-hybridized carbons (Fsp3) is 0.778. The monoisotopic (exact) mass is 482 g/mol. The molecule has 0 spiro atoms. The average Bonchev–Trinajstić information content (AvgIpc) is 2.70. The zero-order valence-electron chi connectivity index (χ0n) is 17.8. The molecule has 3 amide bonds. The van der Waals surface area contributed by atoms with Crippen LogP contribution in [0.1, 0.15) is 26.7 Å². The molecule has 0 aliphatic rings. The lowest BCUT2D eigenvalue weighted by molar-refractivity contribution is -0.142. The maximum absolute atomic E-state index is 12.7. The van der Waals surface area contributed by atoms with Gasteiger partial charge in [0.2, 0.25) is 17.7 Å². The Bertz CT molecular complexity index is 580. The van der Waals surface area contributed by atoms with E-state index in [0.29, 0.717) is 17.9 Å². The summed E-state index contributed by atoms with van der Waals surface area (Å²) in [5.74, 6) is -1.72. The molecule has 4 unspecified atom stereocenters. The molecule has 0 fully saturated rings. The normalized spacial score (nSPS) is 15.0. The summed E-state index contributed by atoms with van der Waals surface area (Å²) in [6, 6.07) is -3.72. The van der Waals surface area contributed by atoms with Crippen molar-refractivity contribution in [2.75, 3.05) is 29.8 Å². The van der Waals surface area contributed by atoms with Gasteiger partial charge < -0.3 is 26.8 Å². The summed E-state index contributed by atoms with van der Waals surface area (Å²) in [6.07, 6.45) is 4.33. The van der Waals surface area contributed by atoms with Crippen molar-refractivity contribution in [3.05, 3.63) is 0 Å². The third-order valence-corrected chi connectivity index (χ3v) is 5.96. The number of thioether (sulfide) groups is 2. The van der Waals surface area contributed by atoms with Crippen LogP contribution in [0.3, 0.4) is 0 Å². The standard InChI is InChI=1S/C18H34N4O5S3/c1-10(2)14(19)17(25)20-11(5-7-29-3)15(23)22-13(9-28)16(24)21-12(18(26)27)6-8-30-4/h10-14,28H,5-9,19H2,1-4H3,(H,20,25)(H,21,24)(H,22,23)(H,26,27). The highest BCUT2D eigenvalue weighted by Crippen LogP contribution is 2.06. The molecular formula is C18H34N4O5S3. The van der Waals surface area contributed by atoms with Gasteiger partial charge >= 0.3 is 5.97 Å². The first-order valence-corrected chi connectivity index (χ1v) is 13.0. The van der Waals surface area contributed by atoms with E-state index < -0.39 is 47.9 Å². The molecule has 0 aromatic rings. The van der Waals surface area contributed by atoms with Crippen LogP contribution in [0.5, 0.6) is 0 Å². The Kier molecular flexibility index (Phi) is 15.1. The summed E-state index contributed by atoms with van der Waals surface area (Å²) in [5, 5.41) is 16.9. The van der Waals surface area contributed by atoms with Gasteiger partial charge in [-0.1, -0.05) is 13.8 Å². The van der Waals surface area contributed by atoms with E-state index in [2.05, 4.69) is 28.6 Å². The number of hydrogen-bond acceptors (Lipinski definition) is 8. The Morgan fingerprint density at radius 2 is 1.30 bits per heavy atom. The second kappa shape index (κ2) is 15.7. The van der Waals surface area contributed by atoms with Gasteiger partial charge in [-0.15, -0.1) is 0 Å². The highest BCUT2D eigenvalue weighted by Gasteiger charge is 2.29. The van der Waals surface area contributed by atoms with Crippen LogP contribution >= 0.6 is 36.2 Å². The van der Waals surface area contributed by atoms with E-state index in [9.17, 15) is 24.3 Å². The van der Waals surface area contributed by atoms with E-state index in [1.165, 1.54) is 23.5 Å². The third-order valence-electron chi connectivity index (χ3n) is 4.31. The van der Waals surface area contributed by atoms with Gasteiger partial charge in [0, 0.05) is 5.75 Å². The molecule has 174 valence electrons. The van der Waals surface area contributed by atoms with Crippen molar-refractivity contribution in [3.63, 3.8) is 0 Å². The van der Waals surface area contributed by atoms with Gasteiger partial charge in [-0.3, -0.25) is 14.4 Å². The summed E-state index contributed by atoms with van der Waals surface area (Å²) in [5.41, 5.74) is 5.85. The van der Waals surface area contributed by atoms with E-state index in [4.69, 9.17) is 5.73 Å². The molecule has 0 bridgehead atoms. The number of nitrogens with two attached hydrogens (primary N) is 1. The minimum Gasteiger partial charge on any atom is -0.480 e. The number of carbonyl (C=O) groups excluding carboxylic acids is 3. The lowest BCUT2D eigenvalue weighted by atomic mass is 10.0. The first-order valence-electron chi connectivity index (χ1n) is 9.57. The summed E-state index contributed by atoms with van der Waals surface area (Å²) in [6.45, 7) is 3.61. The van der Waals surface area contributed by atoms with E-state index in [1.807, 2.05) is 12.5 Å². The van der Waals surface area contributed by atoms with Crippen LogP contribution in [-0.2, 0) is 19.2 Å². The molecule has 0 aromatic carbocycles. The van der Waals surface area contributed by atoms with Crippen LogP contribution in [0, 0.1) is 5.92 Å². The molecule has 9 nitrogen and oxygen atoms in total. The Hall–Kier alpha value is -1.11. The molecule has 0 aromatic heterocycles. The number of aliphatic carboxylic acids is 1. The quantitative estimate of drug-likeness (QED) is 0.178. The number of carbonyl (C=O) groups is 4. The number of thiol groups is 1. The lowest BCUT2D eigenvalue weighted by Gasteiger charge is -2.25. The first-order chi connectivity index (χ1) is 14.1. The van der Waals surface area contributed by atoms with Gasteiger partial charge in [0.1, 0.15) is 18.1 Å². The Morgan fingerprint density at radius 1 is 0.867 bits per heavy atom. The molecule has 30 heavy (non-hydrogen) atoms. The predicted molar refractivity (Wildman–Crippen MR) is 126 cm³/mol. The molecule has 0 saturated heterocycles. The number of carboxylic acid groups (broad SMARTS) is 1. The fourth-order valence-electron chi connectivity index (χ4n) is 2.31. The van der Waals surface area contributed by atoms with Crippen LogP contribution in [0.15, 0.2) is 0 Å². The Morgan fingerprint density at radius 3 is 1.73 bits per heavy atom. The Balaban J connectivity index is 5.15. The maximum Gasteiger partial charge on any atom is 0.326 e. The van der Waals surface area contributed by atoms with Crippen LogP contribution < -0.4 is 21.7 Å². The number of carboxylic acids is 1. The molecule has 12 heteroatoms. The number of rotatable bonds is 15. The molecular weight excluding hydrogens is 448 g/mol. The van der Waals surface area contributed by atoms with Crippen LogP contribution in [0.4, 0.5) is 0 Å². The van der Waals surface area contributed by atoms with Crippen molar-refractivity contribution in [1.82, 2.24) is 16.0 Å². The summed E-state index contributed by atoms with van der Waals surface area (Å²) >= 11 is 7.09. The third kappa shape index (κ3) is 10.8. The highest BCUT2D eigenvalue weighted by molar-refractivity contribution is 7.98. The number of nitrogens with one attached hydrogen (secondary N) is 3. The van der Waals surface area contributed by atoms with Crippen LogP contribution in [0.2, 0.25) is 0 Å². The topological polar surface area (TPSA) is 151 Å². The van der Waals surface area contributed by atoms with Gasteiger partial charge in [-0.25, -0.2) is 4.79 Å². The first kappa shape index (κ1) is 28.9. The maximum atomic E-state index is 12.7. The summed E-state index contributed by atoms with van der Waals surface area (Å²) in [7, 11) is 0. The Labute approximate surface area is 192 Å². The van der Waals surface area contributed by atoms with Gasteiger partial charge in [0.15, 0.2) is 0 Å². The number of amides is 3. The average molecular weight is 483 g/mol. The second-order valence-corrected chi connectivity index (χ2v) is 9.37. The van der Waals surface area contributed by atoms with E-state index >= 15 is 0 Å². The van der Waals surface area contributed by atoms with Gasteiger partial charge in [0.25, 0.3) is 0 Å². The minimum atomic E-state index is -1.14. The van der Waals surface area contributed by atoms with E-state index in [0.717, 1.165) is 0 Å². The zero-order valence-corrected chi connectivity index (χ0v) is 20.4. The lowest BCUT2D eigenvalue weighted by Crippen LogP contribution is -2.58.